The van der Waals surface area contributed by atoms with E-state index in [0.29, 0.717) is 0 Å². The van der Waals surface area contributed by atoms with Crippen molar-refractivity contribution in [3.63, 3.8) is 0 Å². The average molecular weight is 214 g/mol. The number of esters is 1. The fourth-order valence-electron chi connectivity index (χ4n) is 1.13. The van der Waals surface area contributed by atoms with Crippen molar-refractivity contribution in [3.8, 4) is 11.8 Å². The summed E-state index contributed by atoms with van der Waals surface area (Å²) in [6.07, 6.45) is 3.21. The smallest absolute Gasteiger partial charge is 0.303 e. The lowest BCUT2D eigenvalue weighted by atomic mass is 10.2. The van der Waals surface area contributed by atoms with Gasteiger partial charge in [-0.25, -0.2) is 0 Å². The van der Waals surface area contributed by atoms with Crippen molar-refractivity contribution in [3.05, 3.63) is 48.0 Å². The van der Waals surface area contributed by atoms with Gasteiger partial charge >= 0.3 is 5.97 Å². The Morgan fingerprint density at radius 2 is 2.06 bits per heavy atom. The molecule has 0 saturated carbocycles. The molecule has 0 aliphatic rings. The normalized spacial score (nSPS) is 11.6. The molecule has 0 N–H and O–H groups in total. The van der Waals surface area contributed by atoms with Crippen molar-refractivity contribution in [1.82, 2.24) is 0 Å². The molecule has 0 aliphatic carbocycles. The van der Waals surface area contributed by atoms with Crippen molar-refractivity contribution < 1.29 is 9.53 Å². The van der Waals surface area contributed by atoms with E-state index in [-0.39, 0.29) is 12.1 Å². The van der Waals surface area contributed by atoms with E-state index in [1.54, 1.807) is 19.1 Å². The lowest BCUT2D eigenvalue weighted by Crippen LogP contribution is -2.08. The maximum absolute atomic E-state index is 10.6. The highest BCUT2D eigenvalue weighted by molar-refractivity contribution is 5.66. The van der Waals surface area contributed by atoms with Crippen LogP contribution in [0.25, 0.3) is 0 Å². The van der Waals surface area contributed by atoms with E-state index in [2.05, 4.69) is 11.8 Å². The number of carbonyl (C=O) groups excluding carboxylic acids is 1. The molecule has 0 spiro atoms. The second-order valence-electron chi connectivity index (χ2n) is 3.31. The number of carbonyl (C=O) groups is 1. The van der Waals surface area contributed by atoms with Crippen LogP contribution in [0.1, 0.15) is 19.4 Å². The van der Waals surface area contributed by atoms with Gasteiger partial charge in [0.05, 0.1) is 0 Å². The predicted octanol–water partition coefficient (Wildman–Crippen LogP) is 2.55. The molecule has 0 fully saturated rings. The van der Waals surface area contributed by atoms with Gasteiger partial charge in [-0.05, 0) is 31.2 Å². The number of rotatable bonds is 2. The summed E-state index contributed by atoms with van der Waals surface area (Å²) in [5, 5.41) is 0. The number of benzene rings is 1. The zero-order chi connectivity index (χ0) is 11.8. The van der Waals surface area contributed by atoms with Crippen LogP contribution in [0.3, 0.4) is 0 Å². The van der Waals surface area contributed by atoms with Gasteiger partial charge in [-0.1, -0.05) is 30.0 Å². The van der Waals surface area contributed by atoms with Gasteiger partial charge in [0.25, 0.3) is 0 Å². The summed E-state index contributed by atoms with van der Waals surface area (Å²) in [7, 11) is 0. The van der Waals surface area contributed by atoms with Crippen LogP contribution in [0, 0.1) is 11.8 Å². The highest BCUT2D eigenvalue weighted by Crippen LogP contribution is 1.95. The average Bonchev–Trinajstić information content (AvgIpc) is 2.25. The molecule has 2 heteroatoms. The number of hydrogen-bond donors (Lipinski definition) is 0. The SMILES string of the molecule is CC(=O)O[C@H](C)/C=C/C#Cc1ccccc1. The molecule has 82 valence electrons. The van der Waals surface area contributed by atoms with E-state index >= 15 is 0 Å². The topological polar surface area (TPSA) is 26.3 Å². The molecule has 0 unspecified atom stereocenters. The third kappa shape index (κ3) is 5.02. The molecular formula is C14H14O2. The summed E-state index contributed by atoms with van der Waals surface area (Å²) in [5.41, 5.74) is 0.965. The zero-order valence-electron chi connectivity index (χ0n) is 9.44. The molecule has 2 nitrogen and oxygen atoms in total. The molecular weight excluding hydrogens is 200 g/mol. The van der Waals surface area contributed by atoms with Crippen LogP contribution in [0.5, 0.6) is 0 Å². The fraction of sp³-hybridized carbons (Fsp3) is 0.214. The summed E-state index contributed by atoms with van der Waals surface area (Å²) >= 11 is 0. The maximum Gasteiger partial charge on any atom is 0.303 e. The third-order valence-corrected chi connectivity index (χ3v) is 1.79. The van der Waals surface area contributed by atoms with Crippen molar-refractivity contribution >= 4 is 5.97 Å². The van der Waals surface area contributed by atoms with Crippen molar-refractivity contribution in [2.45, 2.75) is 20.0 Å². The van der Waals surface area contributed by atoms with Crippen LogP contribution in [-0.2, 0) is 9.53 Å². The van der Waals surface area contributed by atoms with Crippen LogP contribution in [0.2, 0.25) is 0 Å². The molecule has 1 atom stereocenters. The molecule has 16 heavy (non-hydrogen) atoms. The third-order valence-electron chi connectivity index (χ3n) is 1.79. The number of hydrogen-bond acceptors (Lipinski definition) is 2. The molecule has 0 saturated heterocycles. The molecule has 1 rings (SSSR count). The van der Waals surface area contributed by atoms with E-state index in [0.717, 1.165) is 5.56 Å². The Morgan fingerprint density at radius 3 is 2.69 bits per heavy atom. The van der Waals surface area contributed by atoms with Gasteiger partial charge < -0.3 is 4.74 Å². The first-order chi connectivity index (χ1) is 7.68. The van der Waals surface area contributed by atoms with Gasteiger partial charge in [-0.3, -0.25) is 4.79 Å². The Kier molecular flexibility index (Phi) is 4.88. The van der Waals surface area contributed by atoms with Crippen LogP contribution >= 0.6 is 0 Å². The second kappa shape index (κ2) is 6.47. The van der Waals surface area contributed by atoms with E-state index < -0.39 is 0 Å². The Balaban J connectivity index is 2.48. The Hall–Kier alpha value is -2.01. The quantitative estimate of drug-likeness (QED) is 0.558. The lowest BCUT2D eigenvalue weighted by Gasteiger charge is -2.04. The van der Waals surface area contributed by atoms with Crippen molar-refractivity contribution in [1.29, 1.82) is 0 Å². The van der Waals surface area contributed by atoms with Gasteiger partial charge in [0.2, 0.25) is 0 Å². The standard InChI is InChI=1S/C14H14O2/c1-12(16-13(2)15)8-6-7-11-14-9-4-3-5-10-14/h3-6,8-10,12H,1-2H3/b8-6+/t12-/m1/s1. The van der Waals surface area contributed by atoms with Crippen LogP contribution in [0.15, 0.2) is 42.5 Å². The van der Waals surface area contributed by atoms with Gasteiger partial charge in [0.1, 0.15) is 6.10 Å². The maximum atomic E-state index is 10.6. The van der Waals surface area contributed by atoms with Gasteiger partial charge in [-0.15, -0.1) is 0 Å². The first-order valence-corrected chi connectivity index (χ1v) is 5.09. The van der Waals surface area contributed by atoms with Gasteiger partial charge in [0.15, 0.2) is 0 Å². The minimum absolute atomic E-state index is 0.234. The Bertz CT molecular complexity index is 421. The summed E-state index contributed by atoms with van der Waals surface area (Å²) in [5.74, 6) is 5.58. The second-order valence-corrected chi connectivity index (χ2v) is 3.31. The largest absolute Gasteiger partial charge is 0.459 e. The highest BCUT2D eigenvalue weighted by atomic mass is 16.5. The molecule has 0 aromatic heterocycles. The van der Waals surface area contributed by atoms with Gasteiger partial charge in [-0.2, -0.15) is 0 Å². The predicted molar refractivity (Wildman–Crippen MR) is 63.7 cm³/mol. The molecule has 0 bridgehead atoms. The van der Waals surface area contributed by atoms with E-state index in [4.69, 9.17) is 4.74 Å². The molecule has 1 aromatic carbocycles. The minimum atomic E-state index is -0.284. The first-order valence-electron chi connectivity index (χ1n) is 5.09. The Labute approximate surface area is 95.9 Å². The minimum Gasteiger partial charge on any atom is -0.459 e. The van der Waals surface area contributed by atoms with Crippen LogP contribution in [-0.4, -0.2) is 12.1 Å². The van der Waals surface area contributed by atoms with Crippen molar-refractivity contribution in [2.75, 3.05) is 0 Å². The monoisotopic (exact) mass is 214 g/mol. The molecule has 1 aromatic rings. The lowest BCUT2D eigenvalue weighted by molar-refractivity contribution is -0.143. The molecule has 0 amide bonds. The van der Waals surface area contributed by atoms with E-state index in [1.165, 1.54) is 6.92 Å². The number of allylic oxidation sites excluding steroid dienone is 1. The first kappa shape index (κ1) is 12.1. The molecule has 0 aliphatic heterocycles. The molecule has 0 radical (unpaired) electrons. The van der Waals surface area contributed by atoms with Crippen LogP contribution in [0.4, 0.5) is 0 Å². The summed E-state index contributed by atoms with van der Waals surface area (Å²) < 4.78 is 4.91. The number of ether oxygens (including phenoxy) is 1. The summed E-state index contributed by atoms with van der Waals surface area (Å²) in [6.45, 7) is 3.18. The fourth-order valence-corrected chi connectivity index (χ4v) is 1.13. The highest BCUT2D eigenvalue weighted by Gasteiger charge is 1.97. The Morgan fingerprint density at radius 1 is 1.38 bits per heavy atom. The summed E-state index contributed by atoms with van der Waals surface area (Å²) in [6, 6.07) is 9.71. The van der Waals surface area contributed by atoms with E-state index in [1.807, 2.05) is 30.3 Å². The zero-order valence-corrected chi connectivity index (χ0v) is 9.44. The van der Waals surface area contributed by atoms with Gasteiger partial charge in [0, 0.05) is 12.5 Å². The summed E-state index contributed by atoms with van der Waals surface area (Å²) in [4.78, 5) is 10.6. The van der Waals surface area contributed by atoms with Crippen LogP contribution < -0.4 is 0 Å². The van der Waals surface area contributed by atoms with Crippen molar-refractivity contribution in [2.24, 2.45) is 0 Å². The molecule has 0 heterocycles. The van der Waals surface area contributed by atoms with E-state index in [9.17, 15) is 4.79 Å².